The molecular weight excluding hydrogens is 252 g/mol. The van der Waals surface area contributed by atoms with E-state index < -0.39 is 0 Å². The maximum Gasteiger partial charge on any atom is 0.319 e. The van der Waals surface area contributed by atoms with Gasteiger partial charge in [0.05, 0.1) is 6.61 Å². The van der Waals surface area contributed by atoms with Crippen molar-refractivity contribution in [2.45, 2.75) is 32.2 Å². The molecule has 4 nitrogen and oxygen atoms in total. The Balaban J connectivity index is 1.97. The van der Waals surface area contributed by atoms with Gasteiger partial charge in [0, 0.05) is 22.7 Å². The lowest BCUT2D eigenvalue weighted by Gasteiger charge is -2.30. The molecule has 106 valence electrons. The van der Waals surface area contributed by atoms with Gasteiger partial charge in [-0.2, -0.15) is 0 Å². The summed E-state index contributed by atoms with van der Waals surface area (Å²) >= 11 is 0. The highest BCUT2D eigenvalue weighted by molar-refractivity contribution is 5.89. The molecule has 2 atom stereocenters. The van der Waals surface area contributed by atoms with E-state index in [9.17, 15) is 9.90 Å². The molecule has 20 heavy (non-hydrogen) atoms. The molecule has 0 saturated heterocycles. The number of amides is 2. The maximum absolute atomic E-state index is 12.0. The van der Waals surface area contributed by atoms with E-state index in [0.29, 0.717) is 5.69 Å². The Hall–Kier alpha value is -1.99. The van der Waals surface area contributed by atoms with Crippen LogP contribution in [0.3, 0.4) is 0 Å². The molecule has 0 aliphatic heterocycles. The monoisotopic (exact) mass is 272 g/mol. The molecule has 0 bridgehead atoms. The molecule has 0 radical (unpaired) electrons. The summed E-state index contributed by atoms with van der Waals surface area (Å²) in [5.74, 6) is 2.53. The van der Waals surface area contributed by atoms with Crippen LogP contribution in [0.5, 0.6) is 0 Å². The Morgan fingerprint density at radius 1 is 1.60 bits per heavy atom. The predicted octanol–water partition coefficient (Wildman–Crippen LogP) is 2.34. The minimum Gasteiger partial charge on any atom is -0.396 e. The molecule has 4 heteroatoms. The number of aliphatic hydroxyl groups is 1. The van der Waals surface area contributed by atoms with Crippen LogP contribution in [0.1, 0.15) is 31.7 Å². The molecule has 2 amide bonds. The summed E-state index contributed by atoms with van der Waals surface area (Å²) in [5.41, 5.74) is 1.17. The van der Waals surface area contributed by atoms with Crippen molar-refractivity contribution in [3.8, 4) is 12.3 Å². The lowest BCUT2D eigenvalue weighted by Crippen LogP contribution is -2.46. The molecule has 0 aromatic heterocycles. The van der Waals surface area contributed by atoms with Crippen molar-refractivity contribution in [2.24, 2.45) is 5.41 Å². The summed E-state index contributed by atoms with van der Waals surface area (Å²) in [6, 6.07) is 6.90. The lowest BCUT2D eigenvalue weighted by atomic mass is 9.86. The van der Waals surface area contributed by atoms with E-state index in [-0.39, 0.29) is 24.1 Å². The van der Waals surface area contributed by atoms with Crippen LogP contribution in [0.25, 0.3) is 0 Å². The molecule has 3 N–H and O–H groups in total. The molecule has 2 rings (SSSR count). The molecule has 1 fully saturated rings. The highest BCUT2D eigenvalue weighted by atomic mass is 16.3. The molecule has 0 heterocycles. The highest BCUT2D eigenvalue weighted by Crippen LogP contribution is 2.37. The van der Waals surface area contributed by atoms with Crippen LogP contribution in [0.4, 0.5) is 10.5 Å². The van der Waals surface area contributed by atoms with E-state index in [1.54, 1.807) is 18.2 Å². The van der Waals surface area contributed by atoms with Crippen LogP contribution in [0, 0.1) is 17.8 Å². The van der Waals surface area contributed by atoms with Gasteiger partial charge in [-0.25, -0.2) is 4.79 Å². The van der Waals surface area contributed by atoms with E-state index in [1.165, 1.54) is 0 Å². The SMILES string of the molecule is C#Cc1cccc(NC(=O)NC2CCCC2(C)CO)c1. The first-order valence-electron chi connectivity index (χ1n) is 6.82. The van der Waals surface area contributed by atoms with E-state index in [1.807, 2.05) is 13.0 Å². The van der Waals surface area contributed by atoms with Crippen molar-refractivity contribution < 1.29 is 9.90 Å². The van der Waals surface area contributed by atoms with Crippen LogP contribution in [0.2, 0.25) is 0 Å². The molecule has 0 spiro atoms. The van der Waals surface area contributed by atoms with Gasteiger partial charge in [-0.15, -0.1) is 6.42 Å². The summed E-state index contributed by atoms with van der Waals surface area (Å²) in [4.78, 5) is 12.0. The van der Waals surface area contributed by atoms with Crippen LogP contribution in [-0.2, 0) is 0 Å². The fourth-order valence-corrected chi connectivity index (χ4v) is 2.68. The third kappa shape index (κ3) is 3.12. The third-order valence-corrected chi connectivity index (χ3v) is 4.04. The van der Waals surface area contributed by atoms with Gasteiger partial charge in [-0.05, 0) is 31.0 Å². The van der Waals surface area contributed by atoms with Crippen LogP contribution < -0.4 is 10.6 Å². The molecule has 1 aliphatic carbocycles. The minimum absolute atomic E-state index is 0.00307. The lowest BCUT2D eigenvalue weighted by molar-refractivity contribution is 0.122. The van der Waals surface area contributed by atoms with Gasteiger partial charge in [0.25, 0.3) is 0 Å². The number of rotatable bonds is 3. The number of benzene rings is 1. The fourth-order valence-electron chi connectivity index (χ4n) is 2.68. The zero-order chi connectivity index (χ0) is 14.6. The van der Waals surface area contributed by atoms with Gasteiger partial charge in [0.2, 0.25) is 0 Å². The van der Waals surface area contributed by atoms with Crippen molar-refractivity contribution in [2.75, 3.05) is 11.9 Å². The number of urea groups is 1. The first-order valence-corrected chi connectivity index (χ1v) is 6.82. The maximum atomic E-state index is 12.0. The Bertz CT molecular complexity index is 536. The van der Waals surface area contributed by atoms with Crippen LogP contribution >= 0.6 is 0 Å². The molecular formula is C16H20N2O2. The summed E-state index contributed by atoms with van der Waals surface area (Å²) in [6.45, 7) is 2.09. The number of hydrogen-bond acceptors (Lipinski definition) is 2. The van der Waals surface area contributed by atoms with Gasteiger partial charge >= 0.3 is 6.03 Å². The Morgan fingerprint density at radius 3 is 3.10 bits per heavy atom. The molecule has 1 aromatic rings. The third-order valence-electron chi connectivity index (χ3n) is 4.04. The first kappa shape index (κ1) is 14.4. The second kappa shape index (κ2) is 5.98. The topological polar surface area (TPSA) is 61.4 Å². The summed E-state index contributed by atoms with van der Waals surface area (Å²) < 4.78 is 0. The quantitative estimate of drug-likeness (QED) is 0.740. The first-order chi connectivity index (χ1) is 9.57. The number of terminal acetylenes is 1. The van der Waals surface area contributed by atoms with Gasteiger partial charge < -0.3 is 15.7 Å². The zero-order valence-corrected chi connectivity index (χ0v) is 11.6. The molecule has 1 aromatic carbocycles. The number of carbonyl (C=O) groups excluding carboxylic acids is 1. The largest absolute Gasteiger partial charge is 0.396 e. The van der Waals surface area contributed by atoms with Crippen molar-refractivity contribution in [3.63, 3.8) is 0 Å². The standard InChI is InChI=1S/C16H20N2O2/c1-3-12-6-4-7-13(10-12)17-15(20)18-14-8-5-9-16(14,2)11-19/h1,4,6-7,10,14,19H,5,8-9,11H2,2H3,(H2,17,18,20). The summed E-state index contributed by atoms with van der Waals surface area (Å²) in [5, 5.41) is 15.2. The predicted molar refractivity (Wildman–Crippen MR) is 79.4 cm³/mol. The van der Waals surface area contributed by atoms with Crippen LogP contribution in [0.15, 0.2) is 24.3 Å². The second-order valence-electron chi connectivity index (χ2n) is 5.58. The Labute approximate surface area is 119 Å². The normalized spacial score (nSPS) is 24.9. The van der Waals surface area contributed by atoms with E-state index >= 15 is 0 Å². The average Bonchev–Trinajstić information content (AvgIpc) is 2.81. The number of hydrogen-bond donors (Lipinski definition) is 3. The Morgan fingerprint density at radius 2 is 2.40 bits per heavy atom. The van der Waals surface area contributed by atoms with Gasteiger partial charge in [-0.1, -0.05) is 25.3 Å². The summed E-state index contributed by atoms with van der Waals surface area (Å²) in [7, 11) is 0. The van der Waals surface area contributed by atoms with E-state index in [0.717, 1.165) is 24.8 Å². The van der Waals surface area contributed by atoms with Crippen molar-refractivity contribution in [1.29, 1.82) is 0 Å². The smallest absolute Gasteiger partial charge is 0.319 e. The van der Waals surface area contributed by atoms with Crippen LogP contribution in [-0.4, -0.2) is 23.8 Å². The summed E-state index contributed by atoms with van der Waals surface area (Å²) in [6.07, 6.45) is 8.18. The zero-order valence-electron chi connectivity index (χ0n) is 11.6. The number of carbonyl (C=O) groups is 1. The van der Waals surface area contributed by atoms with E-state index in [4.69, 9.17) is 6.42 Å². The van der Waals surface area contributed by atoms with Crippen molar-refractivity contribution >= 4 is 11.7 Å². The second-order valence-corrected chi connectivity index (χ2v) is 5.58. The fraction of sp³-hybridized carbons (Fsp3) is 0.438. The number of aliphatic hydroxyl groups excluding tert-OH is 1. The number of nitrogens with one attached hydrogen (secondary N) is 2. The van der Waals surface area contributed by atoms with Crippen molar-refractivity contribution in [3.05, 3.63) is 29.8 Å². The molecule has 2 unspecified atom stereocenters. The van der Waals surface area contributed by atoms with E-state index in [2.05, 4.69) is 16.6 Å². The Kier molecular flexibility index (Phi) is 4.31. The highest BCUT2D eigenvalue weighted by Gasteiger charge is 2.39. The van der Waals surface area contributed by atoms with Gasteiger partial charge in [0.15, 0.2) is 0 Å². The molecule has 1 saturated carbocycles. The van der Waals surface area contributed by atoms with Gasteiger partial charge in [0.1, 0.15) is 0 Å². The minimum atomic E-state index is -0.259. The molecule has 1 aliphatic rings. The number of anilines is 1. The van der Waals surface area contributed by atoms with Gasteiger partial charge in [-0.3, -0.25) is 0 Å². The van der Waals surface area contributed by atoms with Crippen molar-refractivity contribution in [1.82, 2.24) is 5.32 Å². The average molecular weight is 272 g/mol.